The van der Waals surface area contributed by atoms with Gasteiger partial charge in [0.05, 0.1) is 18.8 Å². The Morgan fingerprint density at radius 1 is 1.19 bits per heavy atom. The number of rotatable bonds is 4. The van der Waals surface area contributed by atoms with Crippen LogP contribution in [0.3, 0.4) is 0 Å². The molecule has 2 aliphatic rings. The average Bonchev–Trinajstić information content (AvgIpc) is 3.38. The number of amides is 1. The molecule has 1 aromatic carbocycles. The molecule has 1 N–H and O–H groups in total. The Morgan fingerprint density at radius 3 is 2.37 bits per heavy atom. The Labute approximate surface area is 160 Å². The number of nitrogens with zero attached hydrogens (tertiary/aromatic N) is 4. The van der Waals surface area contributed by atoms with E-state index in [1.165, 1.54) is 38.5 Å². The van der Waals surface area contributed by atoms with Gasteiger partial charge in [0.1, 0.15) is 5.69 Å². The molecular weight excluding hydrogens is 338 g/mol. The first-order chi connectivity index (χ1) is 13.1. The summed E-state index contributed by atoms with van der Waals surface area (Å²) in [5.74, 6) is -0.135. The molecule has 1 aromatic heterocycles. The predicted octanol–water partition coefficient (Wildman–Crippen LogP) is 3.87. The summed E-state index contributed by atoms with van der Waals surface area (Å²) in [4.78, 5) is 12.1. The van der Waals surface area contributed by atoms with Crippen molar-refractivity contribution >= 4 is 5.91 Å². The third kappa shape index (κ3) is 4.94. The van der Waals surface area contributed by atoms with Gasteiger partial charge in [0, 0.05) is 5.56 Å². The summed E-state index contributed by atoms with van der Waals surface area (Å²) in [6, 6.07) is 9.67. The lowest BCUT2D eigenvalue weighted by molar-refractivity contribution is 0.0950. The third-order valence-electron chi connectivity index (χ3n) is 5.23. The number of carbonyl (C=O) groups is 1. The molecular formula is C21H27N5O. The highest BCUT2D eigenvalue weighted by atomic mass is 16.1. The Bertz CT molecular complexity index is 800. The molecule has 2 saturated carbocycles. The molecule has 0 spiro atoms. The lowest BCUT2D eigenvalue weighted by Gasteiger charge is -2.06. The van der Waals surface area contributed by atoms with Crippen LogP contribution in [0.1, 0.15) is 73.0 Å². The van der Waals surface area contributed by atoms with Gasteiger partial charge in [0.2, 0.25) is 0 Å². The van der Waals surface area contributed by atoms with Crippen LogP contribution in [0.15, 0.2) is 30.5 Å². The first-order valence-corrected chi connectivity index (χ1v) is 9.81. The summed E-state index contributed by atoms with van der Waals surface area (Å²) in [5, 5.41) is 19.9. The van der Waals surface area contributed by atoms with Crippen LogP contribution in [0.25, 0.3) is 0 Å². The van der Waals surface area contributed by atoms with E-state index in [4.69, 9.17) is 5.26 Å². The maximum Gasteiger partial charge on any atom is 0.251 e. The van der Waals surface area contributed by atoms with Crippen LogP contribution in [0.5, 0.6) is 0 Å². The zero-order valence-electron chi connectivity index (χ0n) is 15.9. The minimum atomic E-state index is -0.509. The molecule has 2 aliphatic carbocycles. The lowest BCUT2D eigenvalue weighted by atomic mass is 10.0. The Hall–Kier alpha value is -2.68. The molecule has 0 radical (unpaired) electrons. The summed E-state index contributed by atoms with van der Waals surface area (Å²) in [6.07, 6.45) is 12.3. The van der Waals surface area contributed by atoms with Crippen LogP contribution in [0.4, 0.5) is 0 Å². The fourth-order valence-corrected chi connectivity index (χ4v) is 3.25. The quantitative estimate of drug-likeness (QED) is 0.891. The zero-order valence-corrected chi connectivity index (χ0v) is 15.9. The standard InChI is InChI=1S/C15H15N5O.C6H12/c1-11-4-2-3-5-13(11)14(21)17-8-12-9-20(19-18-12)15(10-16)6-7-15;1-2-4-6-5-3-1/h2-5,9H,6-8H2,1H3,(H,17,21);1-6H2. The van der Waals surface area contributed by atoms with Crippen LogP contribution in [-0.4, -0.2) is 20.9 Å². The van der Waals surface area contributed by atoms with Crippen molar-refractivity contribution in [1.82, 2.24) is 20.3 Å². The van der Waals surface area contributed by atoms with E-state index >= 15 is 0 Å². The molecule has 0 aliphatic heterocycles. The number of nitrogens with one attached hydrogen (secondary N) is 1. The molecule has 6 nitrogen and oxygen atoms in total. The Kier molecular flexibility index (Phi) is 6.23. The predicted molar refractivity (Wildman–Crippen MR) is 103 cm³/mol. The van der Waals surface area contributed by atoms with Crippen molar-refractivity contribution in [3.8, 4) is 6.07 Å². The van der Waals surface area contributed by atoms with Gasteiger partial charge in [0.15, 0.2) is 5.54 Å². The van der Waals surface area contributed by atoms with Gasteiger partial charge in [-0.05, 0) is 31.4 Å². The van der Waals surface area contributed by atoms with Crippen molar-refractivity contribution in [2.24, 2.45) is 0 Å². The number of aromatic nitrogens is 3. The third-order valence-corrected chi connectivity index (χ3v) is 5.23. The van der Waals surface area contributed by atoms with Crippen molar-refractivity contribution < 1.29 is 4.79 Å². The normalized spacial score (nSPS) is 17.2. The molecule has 27 heavy (non-hydrogen) atoms. The smallest absolute Gasteiger partial charge is 0.251 e. The second-order valence-electron chi connectivity index (χ2n) is 7.42. The van der Waals surface area contributed by atoms with E-state index in [2.05, 4.69) is 21.7 Å². The maximum atomic E-state index is 12.1. The maximum absolute atomic E-state index is 12.1. The summed E-state index contributed by atoms with van der Waals surface area (Å²) in [6.45, 7) is 2.20. The lowest BCUT2D eigenvalue weighted by Crippen LogP contribution is -2.23. The van der Waals surface area contributed by atoms with Gasteiger partial charge < -0.3 is 5.32 Å². The average molecular weight is 365 g/mol. The molecule has 0 bridgehead atoms. The van der Waals surface area contributed by atoms with E-state index < -0.39 is 5.54 Å². The van der Waals surface area contributed by atoms with Crippen LogP contribution in [0.2, 0.25) is 0 Å². The number of hydrogen-bond acceptors (Lipinski definition) is 4. The summed E-state index contributed by atoms with van der Waals surface area (Å²) < 4.78 is 1.60. The van der Waals surface area contributed by atoms with Gasteiger partial charge in [-0.25, -0.2) is 4.68 Å². The van der Waals surface area contributed by atoms with Gasteiger partial charge in [-0.2, -0.15) is 5.26 Å². The minimum Gasteiger partial charge on any atom is -0.346 e. The van der Waals surface area contributed by atoms with E-state index in [1.807, 2.05) is 25.1 Å². The highest BCUT2D eigenvalue weighted by molar-refractivity contribution is 5.95. The highest BCUT2D eigenvalue weighted by Gasteiger charge is 2.46. The van der Waals surface area contributed by atoms with Crippen molar-refractivity contribution in [2.45, 2.75) is 70.4 Å². The molecule has 2 fully saturated rings. The number of carbonyl (C=O) groups excluding carboxylic acids is 1. The fraction of sp³-hybridized carbons (Fsp3) is 0.524. The molecule has 142 valence electrons. The van der Waals surface area contributed by atoms with E-state index in [0.29, 0.717) is 17.8 Å². The van der Waals surface area contributed by atoms with Crippen molar-refractivity contribution in [1.29, 1.82) is 5.26 Å². The SMILES string of the molecule is C1CCCCC1.Cc1ccccc1C(=O)NCc1cn(C2(C#N)CC2)nn1. The van der Waals surface area contributed by atoms with E-state index in [0.717, 1.165) is 18.4 Å². The van der Waals surface area contributed by atoms with Gasteiger partial charge in [-0.3, -0.25) is 4.79 Å². The number of nitriles is 1. The first kappa shape index (κ1) is 19.1. The monoisotopic (exact) mass is 365 g/mol. The summed E-state index contributed by atoms with van der Waals surface area (Å²) in [5.41, 5.74) is 1.73. The van der Waals surface area contributed by atoms with Gasteiger partial charge in [0.25, 0.3) is 5.91 Å². The minimum absolute atomic E-state index is 0.135. The van der Waals surface area contributed by atoms with E-state index in [9.17, 15) is 4.79 Å². The summed E-state index contributed by atoms with van der Waals surface area (Å²) in [7, 11) is 0. The molecule has 0 atom stereocenters. The second kappa shape index (κ2) is 8.81. The van der Waals surface area contributed by atoms with Gasteiger partial charge in [-0.15, -0.1) is 5.10 Å². The largest absolute Gasteiger partial charge is 0.346 e. The number of aryl methyl sites for hydroxylation is 1. The molecule has 0 unspecified atom stereocenters. The molecule has 6 heteroatoms. The van der Waals surface area contributed by atoms with E-state index in [1.54, 1.807) is 16.9 Å². The van der Waals surface area contributed by atoms with Gasteiger partial charge in [-0.1, -0.05) is 61.9 Å². The Balaban J connectivity index is 0.000000299. The van der Waals surface area contributed by atoms with Crippen LogP contribution >= 0.6 is 0 Å². The second-order valence-corrected chi connectivity index (χ2v) is 7.42. The van der Waals surface area contributed by atoms with Crippen molar-refractivity contribution in [3.63, 3.8) is 0 Å². The van der Waals surface area contributed by atoms with Crippen LogP contribution in [0, 0.1) is 18.3 Å². The number of hydrogen-bond donors (Lipinski definition) is 1. The topological polar surface area (TPSA) is 83.6 Å². The molecule has 1 heterocycles. The van der Waals surface area contributed by atoms with Crippen molar-refractivity contribution in [3.05, 3.63) is 47.3 Å². The summed E-state index contributed by atoms with van der Waals surface area (Å²) >= 11 is 0. The molecule has 0 saturated heterocycles. The zero-order chi connectivity index (χ0) is 19.1. The van der Waals surface area contributed by atoms with Crippen LogP contribution in [-0.2, 0) is 12.1 Å². The first-order valence-electron chi connectivity index (χ1n) is 9.81. The van der Waals surface area contributed by atoms with Crippen molar-refractivity contribution in [2.75, 3.05) is 0 Å². The van der Waals surface area contributed by atoms with Gasteiger partial charge >= 0.3 is 0 Å². The molecule has 1 amide bonds. The Morgan fingerprint density at radius 2 is 1.81 bits per heavy atom. The molecule has 2 aromatic rings. The van der Waals surface area contributed by atoms with Crippen LogP contribution < -0.4 is 5.32 Å². The fourth-order valence-electron chi connectivity index (χ4n) is 3.25. The highest BCUT2D eigenvalue weighted by Crippen LogP contribution is 2.41. The number of benzene rings is 1. The van der Waals surface area contributed by atoms with E-state index in [-0.39, 0.29) is 5.91 Å². The molecule has 4 rings (SSSR count).